The van der Waals surface area contributed by atoms with Gasteiger partial charge in [0.15, 0.2) is 0 Å². The molecule has 1 saturated heterocycles. The fourth-order valence-corrected chi connectivity index (χ4v) is 4.23. The first kappa shape index (κ1) is 19.7. The number of aliphatic carboxylic acids is 1. The van der Waals surface area contributed by atoms with Gasteiger partial charge in [0.2, 0.25) is 5.91 Å². The van der Waals surface area contributed by atoms with Gasteiger partial charge in [-0.3, -0.25) is 9.59 Å². The number of benzene rings is 1. The molecule has 7 heteroatoms. The molecule has 1 aromatic carbocycles. The van der Waals surface area contributed by atoms with Crippen LogP contribution < -0.4 is 10.2 Å². The summed E-state index contributed by atoms with van der Waals surface area (Å²) >= 11 is 0. The molecule has 1 amide bonds. The van der Waals surface area contributed by atoms with Crippen LogP contribution in [0.2, 0.25) is 0 Å². The van der Waals surface area contributed by atoms with E-state index in [-0.39, 0.29) is 19.3 Å². The maximum atomic E-state index is 14.7. The van der Waals surface area contributed by atoms with Gasteiger partial charge in [0.25, 0.3) is 5.92 Å². The molecule has 0 spiro atoms. The molecular weight excluding hydrogens is 354 g/mol. The Bertz CT molecular complexity index is 675. The van der Waals surface area contributed by atoms with Gasteiger partial charge >= 0.3 is 5.97 Å². The minimum Gasteiger partial charge on any atom is -0.481 e. The molecule has 27 heavy (non-hydrogen) atoms. The van der Waals surface area contributed by atoms with Crippen molar-refractivity contribution >= 4 is 17.6 Å². The Hall–Kier alpha value is -2.02. The SMILES string of the molecule is O=C(CC1(C(=O)O)CCNCC1)N(c1ccccc1)C1CCCCC1(F)F. The van der Waals surface area contributed by atoms with Gasteiger partial charge in [0, 0.05) is 18.5 Å². The lowest BCUT2D eigenvalue weighted by atomic mass is 9.75. The number of amides is 1. The van der Waals surface area contributed by atoms with Crippen LogP contribution in [-0.2, 0) is 9.59 Å². The molecule has 0 bridgehead atoms. The predicted molar refractivity (Wildman–Crippen MR) is 97.9 cm³/mol. The average molecular weight is 380 g/mol. The van der Waals surface area contributed by atoms with Crippen molar-refractivity contribution in [3.8, 4) is 0 Å². The van der Waals surface area contributed by atoms with Gasteiger partial charge < -0.3 is 15.3 Å². The number of rotatable bonds is 5. The largest absolute Gasteiger partial charge is 0.481 e. The smallest absolute Gasteiger partial charge is 0.310 e. The number of anilines is 1. The van der Waals surface area contributed by atoms with Gasteiger partial charge in [-0.25, -0.2) is 8.78 Å². The number of hydrogen-bond donors (Lipinski definition) is 2. The monoisotopic (exact) mass is 380 g/mol. The molecule has 1 unspecified atom stereocenters. The maximum absolute atomic E-state index is 14.7. The quantitative estimate of drug-likeness (QED) is 0.821. The number of nitrogens with one attached hydrogen (secondary N) is 1. The third-order valence-electron chi connectivity index (χ3n) is 5.84. The normalized spacial score (nSPS) is 24.1. The first-order valence-electron chi connectivity index (χ1n) is 9.55. The number of carbonyl (C=O) groups is 2. The molecule has 1 heterocycles. The molecule has 2 N–H and O–H groups in total. The van der Waals surface area contributed by atoms with Crippen LogP contribution in [0.1, 0.15) is 44.9 Å². The molecule has 1 atom stereocenters. The standard InChI is InChI=1S/C20H26F2N2O3/c21-20(22)9-5-4-8-16(20)24(15-6-2-1-3-7-15)17(25)14-19(18(26)27)10-12-23-13-11-19/h1-3,6-7,16,23H,4-5,8-14H2,(H,26,27). The van der Waals surface area contributed by atoms with Gasteiger partial charge in [-0.05, 0) is 50.9 Å². The van der Waals surface area contributed by atoms with Crippen molar-refractivity contribution in [2.24, 2.45) is 5.41 Å². The van der Waals surface area contributed by atoms with Gasteiger partial charge in [-0.1, -0.05) is 24.6 Å². The van der Waals surface area contributed by atoms with E-state index >= 15 is 0 Å². The molecule has 0 aromatic heterocycles. The van der Waals surface area contributed by atoms with E-state index in [0.717, 1.165) is 0 Å². The minimum atomic E-state index is -2.98. The Balaban J connectivity index is 1.92. The van der Waals surface area contributed by atoms with E-state index in [4.69, 9.17) is 0 Å². The molecule has 0 radical (unpaired) electrons. The van der Waals surface area contributed by atoms with Crippen LogP contribution in [0.25, 0.3) is 0 Å². The Morgan fingerprint density at radius 1 is 1.11 bits per heavy atom. The van der Waals surface area contributed by atoms with Crippen molar-refractivity contribution in [1.82, 2.24) is 5.32 Å². The molecule has 1 aromatic rings. The van der Waals surface area contributed by atoms with Gasteiger partial charge in [-0.2, -0.15) is 0 Å². The summed E-state index contributed by atoms with van der Waals surface area (Å²) in [5.74, 6) is -4.54. The Morgan fingerprint density at radius 2 is 1.78 bits per heavy atom. The molecule has 2 fully saturated rings. The van der Waals surface area contributed by atoms with Gasteiger partial charge in [0.1, 0.15) is 6.04 Å². The summed E-state index contributed by atoms with van der Waals surface area (Å²) in [5, 5.41) is 12.9. The lowest BCUT2D eigenvalue weighted by Gasteiger charge is -2.41. The van der Waals surface area contributed by atoms with Crippen molar-refractivity contribution in [3.63, 3.8) is 0 Å². The zero-order valence-electron chi connectivity index (χ0n) is 15.3. The number of carboxylic acids is 1. The number of halogens is 2. The lowest BCUT2D eigenvalue weighted by molar-refractivity contribution is -0.153. The summed E-state index contributed by atoms with van der Waals surface area (Å²) < 4.78 is 29.4. The summed E-state index contributed by atoms with van der Waals surface area (Å²) in [4.78, 5) is 26.3. The number of alkyl halides is 2. The third kappa shape index (κ3) is 4.13. The Morgan fingerprint density at radius 3 is 2.37 bits per heavy atom. The van der Waals surface area contributed by atoms with Crippen LogP contribution in [0.4, 0.5) is 14.5 Å². The zero-order chi connectivity index (χ0) is 19.5. The van der Waals surface area contributed by atoms with E-state index < -0.39 is 29.3 Å². The first-order chi connectivity index (χ1) is 12.9. The fourth-order valence-electron chi connectivity index (χ4n) is 4.23. The average Bonchev–Trinajstić information content (AvgIpc) is 2.65. The molecule has 1 saturated carbocycles. The number of para-hydroxylation sites is 1. The number of hydrogen-bond acceptors (Lipinski definition) is 3. The second-order valence-electron chi connectivity index (χ2n) is 7.63. The molecule has 148 valence electrons. The van der Waals surface area contributed by atoms with Crippen molar-refractivity contribution in [1.29, 1.82) is 0 Å². The fraction of sp³-hybridized carbons (Fsp3) is 0.600. The Labute approximate surface area is 157 Å². The summed E-state index contributed by atoms with van der Waals surface area (Å²) in [6.07, 6.45) is 1.41. The number of nitrogens with zero attached hydrogens (tertiary/aromatic N) is 1. The molecule has 1 aliphatic carbocycles. The maximum Gasteiger partial charge on any atom is 0.310 e. The van der Waals surface area contributed by atoms with Crippen molar-refractivity contribution in [3.05, 3.63) is 30.3 Å². The Kier molecular flexibility index (Phi) is 5.79. The molecule has 1 aliphatic heterocycles. The van der Waals surface area contributed by atoms with E-state index in [9.17, 15) is 23.5 Å². The predicted octanol–water partition coefficient (Wildman–Crippen LogP) is 3.44. The van der Waals surface area contributed by atoms with Gasteiger partial charge in [-0.15, -0.1) is 0 Å². The van der Waals surface area contributed by atoms with Crippen LogP contribution in [0.15, 0.2) is 30.3 Å². The second-order valence-corrected chi connectivity index (χ2v) is 7.63. The van der Waals surface area contributed by atoms with Crippen molar-refractivity contribution in [2.75, 3.05) is 18.0 Å². The number of carboxylic acid groups (broad SMARTS) is 1. The minimum absolute atomic E-state index is 0.218. The summed E-state index contributed by atoms with van der Waals surface area (Å²) in [7, 11) is 0. The topological polar surface area (TPSA) is 69.6 Å². The molecule has 3 rings (SSSR count). The van der Waals surface area contributed by atoms with Crippen LogP contribution in [0, 0.1) is 5.41 Å². The van der Waals surface area contributed by atoms with Crippen LogP contribution >= 0.6 is 0 Å². The van der Waals surface area contributed by atoms with E-state index in [0.29, 0.717) is 44.5 Å². The number of piperidine rings is 1. The van der Waals surface area contributed by atoms with Crippen molar-refractivity contribution in [2.45, 2.75) is 56.9 Å². The van der Waals surface area contributed by atoms with Crippen molar-refractivity contribution < 1.29 is 23.5 Å². The third-order valence-corrected chi connectivity index (χ3v) is 5.84. The first-order valence-corrected chi connectivity index (χ1v) is 9.55. The highest BCUT2D eigenvalue weighted by molar-refractivity contribution is 5.97. The van der Waals surface area contributed by atoms with E-state index in [1.54, 1.807) is 30.3 Å². The highest BCUT2D eigenvalue weighted by Crippen LogP contribution is 2.41. The van der Waals surface area contributed by atoms with Crippen LogP contribution in [-0.4, -0.2) is 42.0 Å². The summed E-state index contributed by atoms with van der Waals surface area (Å²) in [6.45, 7) is 1.01. The zero-order valence-corrected chi connectivity index (χ0v) is 15.3. The number of carbonyl (C=O) groups excluding carboxylic acids is 1. The highest BCUT2D eigenvalue weighted by atomic mass is 19.3. The van der Waals surface area contributed by atoms with E-state index in [1.165, 1.54) is 4.90 Å². The summed E-state index contributed by atoms with van der Waals surface area (Å²) in [5.41, 5.74) is -0.789. The summed E-state index contributed by atoms with van der Waals surface area (Å²) in [6, 6.07) is 7.21. The van der Waals surface area contributed by atoms with Crippen LogP contribution in [0.5, 0.6) is 0 Å². The molecule has 5 nitrogen and oxygen atoms in total. The van der Waals surface area contributed by atoms with Gasteiger partial charge in [0.05, 0.1) is 5.41 Å². The van der Waals surface area contributed by atoms with E-state index in [1.807, 2.05) is 0 Å². The highest BCUT2D eigenvalue weighted by Gasteiger charge is 2.49. The second kappa shape index (κ2) is 7.92. The molecular formula is C20H26F2N2O3. The van der Waals surface area contributed by atoms with E-state index in [2.05, 4.69) is 5.32 Å². The lowest BCUT2D eigenvalue weighted by Crippen LogP contribution is -2.54. The molecule has 2 aliphatic rings. The van der Waals surface area contributed by atoms with Crippen LogP contribution in [0.3, 0.4) is 0 Å².